The van der Waals surface area contributed by atoms with E-state index in [2.05, 4.69) is 22.2 Å². The van der Waals surface area contributed by atoms with Crippen molar-refractivity contribution >= 4 is 29.0 Å². The van der Waals surface area contributed by atoms with Crippen LogP contribution < -0.4 is 25.8 Å². The van der Waals surface area contributed by atoms with E-state index >= 15 is 4.39 Å². The number of fused-ring (bicyclic) bond motifs is 1. The summed E-state index contributed by atoms with van der Waals surface area (Å²) in [5.74, 6) is -0.671. The highest BCUT2D eigenvalue weighted by molar-refractivity contribution is 6.12. The molecular weight excluding hydrogens is 642 g/mol. The molecule has 9 nitrogen and oxygen atoms in total. The number of nitrogens with two attached hydrogens (primary N) is 1. The van der Waals surface area contributed by atoms with Gasteiger partial charge in [-0.15, -0.1) is 0 Å². The zero-order valence-corrected chi connectivity index (χ0v) is 27.6. The third-order valence-electron chi connectivity index (χ3n) is 8.58. The highest BCUT2D eigenvalue weighted by Gasteiger charge is 2.47. The second-order valence-electron chi connectivity index (χ2n) is 11.8. The summed E-state index contributed by atoms with van der Waals surface area (Å²) in [5, 5.41) is 5.61. The summed E-state index contributed by atoms with van der Waals surface area (Å²) in [6, 6.07) is 18.7. The minimum atomic E-state index is -0.711. The number of ether oxygens (including phenoxy) is 2. The quantitative estimate of drug-likeness (QED) is 0.122. The van der Waals surface area contributed by atoms with Crippen LogP contribution in [0.15, 0.2) is 107 Å². The van der Waals surface area contributed by atoms with E-state index in [1.807, 2.05) is 0 Å². The largest absolute Gasteiger partial charge is 0.496 e. The zero-order valence-electron chi connectivity index (χ0n) is 27.6. The number of nitrogens with one attached hydrogen (secondary N) is 2. The lowest BCUT2D eigenvalue weighted by atomic mass is 9.94. The van der Waals surface area contributed by atoms with E-state index in [1.54, 1.807) is 61.5 Å². The first kappa shape index (κ1) is 33.7. The Hall–Kier alpha value is -6.23. The van der Waals surface area contributed by atoms with Crippen LogP contribution in [0, 0.1) is 18.6 Å². The molecule has 254 valence electrons. The molecule has 5 aromatic rings. The van der Waals surface area contributed by atoms with Gasteiger partial charge in [0, 0.05) is 24.4 Å². The number of hydrogen-bond donors (Lipinski definition) is 3. The molecule has 50 heavy (non-hydrogen) atoms. The summed E-state index contributed by atoms with van der Waals surface area (Å²) >= 11 is 0. The van der Waals surface area contributed by atoms with Crippen molar-refractivity contribution in [3.63, 3.8) is 0 Å². The molecule has 11 heteroatoms. The molecule has 0 saturated heterocycles. The van der Waals surface area contributed by atoms with E-state index in [4.69, 9.17) is 19.6 Å². The molecule has 4 N–H and O–H groups in total. The third-order valence-corrected chi connectivity index (χ3v) is 8.58. The third kappa shape index (κ3) is 6.45. The van der Waals surface area contributed by atoms with Gasteiger partial charge < -0.3 is 30.3 Å². The number of amides is 2. The molecule has 1 aromatic heterocycles. The number of rotatable bonds is 11. The molecule has 1 saturated carbocycles. The highest BCUT2D eigenvalue weighted by atomic mass is 19.1. The Morgan fingerprint density at radius 1 is 0.980 bits per heavy atom. The Labute approximate surface area is 287 Å². The van der Waals surface area contributed by atoms with E-state index in [1.165, 1.54) is 50.8 Å². The average Bonchev–Trinajstić information content (AvgIpc) is 3.80. The van der Waals surface area contributed by atoms with Gasteiger partial charge in [0.2, 0.25) is 0 Å². The number of carbonyl (C=O) groups excluding carboxylic acids is 2. The number of benzene rings is 4. The predicted molar refractivity (Wildman–Crippen MR) is 189 cm³/mol. The van der Waals surface area contributed by atoms with Gasteiger partial charge in [0.15, 0.2) is 0 Å². The molecule has 0 spiro atoms. The van der Waals surface area contributed by atoms with Crippen LogP contribution in [-0.2, 0) is 0 Å². The highest BCUT2D eigenvalue weighted by Crippen LogP contribution is 2.44. The van der Waals surface area contributed by atoms with Gasteiger partial charge in [-0.1, -0.05) is 6.58 Å². The molecule has 0 radical (unpaired) electrons. The number of aryl methyl sites for hydroxylation is 1. The van der Waals surface area contributed by atoms with E-state index in [-0.39, 0.29) is 39.2 Å². The summed E-state index contributed by atoms with van der Waals surface area (Å²) in [6.07, 6.45) is 5.72. The first-order chi connectivity index (χ1) is 24.1. The van der Waals surface area contributed by atoms with Gasteiger partial charge >= 0.3 is 0 Å². The van der Waals surface area contributed by atoms with Gasteiger partial charge in [-0.3, -0.25) is 14.6 Å². The first-order valence-corrected chi connectivity index (χ1v) is 15.7. The van der Waals surface area contributed by atoms with Gasteiger partial charge in [0.25, 0.3) is 11.8 Å². The maximum atomic E-state index is 16.7. The molecule has 4 aromatic carbocycles. The fourth-order valence-electron chi connectivity index (χ4n) is 5.74. The van der Waals surface area contributed by atoms with Crippen molar-refractivity contribution in [2.45, 2.75) is 25.3 Å². The molecule has 0 atom stereocenters. The normalized spacial score (nSPS) is 13.5. The van der Waals surface area contributed by atoms with Crippen molar-refractivity contribution in [2.24, 2.45) is 10.7 Å². The molecule has 0 unspecified atom stereocenters. The monoisotopic (exact) mass is 676 g/mol. The maximum Gasteiger partial charge on any atom is 0.255 e. The number of furan rings is 1. The van der Waals surface area contributed by atoms with Crippen LogP contribution in [0.1, 0.15) is 39.1 Å². The topological polar surface area (TPSA) is 128 Å². The lowest BCUT2D eigenvalue weighted by molar-refractivity contribution is 0.0933. The molecule has 1 fully saturated rings. The van der Waals surface area contributed by atoms with Crippen molar-refractivity contribution in [2.75, 3.05) is 14.2 Å². The van der Waals surface area contributed by atoms with Crippen LogP contribution in [0.4, 0.5) is 8.78 Å². The van der Waals surface area contributed by atoms with Crippen molar-refractivity contribution < 1.29 is 32.3 Å². The van der Waals surface area contributed by atoms with E-state index in [0.29, 0.717) is 52.5 Å². The Morgan fingerprint density at radius 2 is 1.66 bits per heavy atom. The van der Waals surface area contributed by atoms with Crippen LogP contribution in [0.25, 0.3) is 33.4 Å². The smallest absolute Gasteiger partial charge is 0.255 e. The minimum Gasteiger partial charge on any atom is -0.496 e. The predicted octanol–water partition coefficient (Wildman–Crippen LogP) is 7.83. The average molecular weight is 677 g/mol. The lowest BCUT2D eigenvalue weighted by Crippen LogP contribution is -2.38. The first-order valence-electron chi connectivity index (χ1n) is 15.7. The molecule has 0 bridgehead atoms. The second kappa shape index (κ2) is 13.7. The molecular formula is C39H34F2N4O5. The minimum absolute atomic E-state index is 0.0115. The van der Waals surface area contributed by atoms with Crippen molar-refractivity contribution in [3.05, 3.63) is 126 Å². The van der Waals surface area contributed by atoms with Gasteiger partial charge in [0.05, 0.1) is 34.9 Å². The van der Waals surface area contributed by atoms with Gasteiger partial charge in [-0.25, -0.2) is 8.78 Å². The summed E-state index contributed by atoms with van der Waals surface area (Å²) in [4.78, 5) is 31.3. The summed E-state index contributed by atoms with van der Waals surface area (Å²) < 4.78 is 47.5. The molecule has 1 aliphatic rings. The van der Waals surface area contributed by atoms with Crippen LogP contribution in [0.5, 0.6) is 17.2 Å². The number of carbonyl (C=O) groups is 2. The summed E-state index contributed by atoms with van der Waals surface area (Å²) in [6.45, 7) is 5.80. The number of methoxy groups -OCH3 is 1. The molecule has 1 aliphatic carbocycles. The standard InChI is InChI=1S/C39H34F2N4O5/c1-22-20-32(48-4)30(37(46)45-39(16-17-39)23(2)44-19-5-18-42)21-29(22)28-14-15-31-33(35(28)41)34(38(47)43-3)36(50-31)24-6-10-26(11-7-24)49-27-12-8-25(40)9-13-27/h5-15,18-21H,2,16-17,42H2,1,3-4H3,(H,43,47)(H,45,46)/b18-5-,44-19-. The van der Waals surface area contributed by atoms with Crippen LogP contribution >= 0.6 is 0 Å². The molecule has 1 heterocycles. The maximum absolute atomic E-state index is 16.7. The van der Waals surface area contributed by atoms with Crippen molar-refractivity contribution in [1.29, 1.82) is 0 Å². The van der Waals surface area contributed by atoms with Gasteiger partial charge in [-0.2, -0.15) is 0 Å². The van der Waals surface area contributed by atoms with Gasteiger partial charge in [-0.05, 0) is 116 Å². The number of allylic oxidation sites excluding steroid dienone is 1. The Bertz CT molecular complexity index is 2180. The van der Waals surface area contributed by atoms with Crippen LogP contribution in [0.3, 0.4) is 0 Å². The number of halogens is 2. The van der Waals surface area contributed by atoms with E-state index in [0.717, 1.165) is 0 Å². The second-order valence-corrected chi connectivity index (χ2v) is 11.8. The molecule has 2 amide bonds. The molecule has 0 aliphatic heterocycles. The van der Waals surface area contributed by atoms with Crippen molar-refractivity contribution in [3.8, 4) is 39.7 Å². The zero-order chi connectivity index (χ0) is 35.6. The lowest BCUT2D eigenvalue weighted by Gasteiger charge is -2.19. The van der Waals surface area contributed by atoms with E-state index < -0.39 is 23.2 Å². The number of nitrogens with zero attached hydrogens (tertiary/aromatic N) is 1. The fourth-order valence-corrected chi connectivity index (χ4v) is 5.74. The molecule has 6 rings (SSSR count). The Morgan fingerprint density at radius 3 is 2.28 bits per heavy atom. The van der Waals surface area contributed by atoms with Crippen LogP contribution in [0.2, 0.25) is 0 Å². The van der Waals surface area contributed by atoms with Gasteiger partial charge in [0.1, 0.15) is 40.2 Å². The van der Waals surface area contributed by atoms with Crippen molar-refractivity contribution in [1.82, 2.24) is 10.6 Å². The fraction of sp³-hybridized carbons (Fsp3) is 0.154. The SMILES string of the molecule is C=C(/N=C\C=C/N)C1(NC(=O)c2cc(-c3ccc4oc(-c5ccc(Oc6ccc(F)cc6)cc5)c(C(=O)NC)c4c3F)c(C)cc2OC)CC1. The Balaban J connectivity index is 1.38. The summed E-state index contributed by atoms with van der Waals surface area (Å²) in [5.41, 5.74) is 7.26. The van der Waals surface area contributed by atoms with E-state index in [9.17, 15) is 14.0 Å². The number of hydrogen-bond acceptors (Lipinski definition) is 7. The number of aliphatic imine (C=N–C) groups is 1. The summed E-state index contributed by atoms with van der Waals surface area (Å²) in [7, 11) is 2.91. The Kier molecular flexibility index (Phi) is 9.23. The van der Waals surface area contributed by atoms with Crippen LogP contribution in [-0.4, -0.2) is 37.7 Å².